The maximum atomic E-state index is 11.8. The van der Waals surface area contributed by atoms with Crippen LogP contribution in [0.15, 0.2) is 65.6 Å². The number of carbonyl (C=O) groups is 1. The Hall–Kier alpha value is -1.78. The fourth-order valence-corrected chi connectivity index (χ4v) is 2.73. The van der Waals surface area contributed by atoms with Crippen molar-refractivity contribution in [3.63, 3.8) is 0 Å². The number of carbonyl (C=O) groups excluding carboxylic acids is 1. The largest absolute Gasteiger partial charge is 0.460 e. The second-order valence-electron chi connectivity index (χ2n) is 4.65. The molecule has 0 aliphatic rings. The first-order chi connectivity index (χ1) is 10.3. The second kappa shape index (κ2) is 8.49. The molecule has 0 fully saturated rings. The van der Waals surface area contributed by atoms with Gasteiger partial charge in [-0.25, -0.2) is 0 Å². The summed E-state index contributed by atoms with van der Waals surface area (Å²) in [5.74, 6) is 0.457. The first kappa shape index (κ1) is 15.6. The zero-order valence-corrected chi connectivity index (χ0v) is 12.6. The highest BCUT2D eigenvalue weighted by molar-refractivity contribution is 7.99. The molecule has 0 aliphatic carbocycles. The third kappa shape index (κ3) is 5.61. The number of thioether (sulfide) groups is 1. The van der Waals surface area contributed by atoms with Gasteiger partial charge < -0.3 is 10.5 Å². The Labute approximate surface area is 129 Å². The lowest BCUT2D eigenvalue weighted by molar-refractivity contribution is -0.146. The van der Waals surface area contributed by atoms with Crippen molar-refractivity contribution in [3.8, 4) is 0 Å². The number of nitrogens with two attached hydrogens (primary N) is 1. The summed E-state index contributed by atoms with van der Waals surface area (Å²) in [4.78, 5) is 13.0. The first-order valence-electron chi connectivity index (χ1n) is 6.89. The van der Waals surface area contributed by atoms with Crippen molar-refractivity contribution in [2.24, 2.45) is 5.73 Å². The summed E-state index contributed by atoms with van der Waals surface area (Å²) in [5, 5.41) is 0. The minimum Gasteiger partial charge on any atom is -0.460 e. The van der Waals surface area contributed by atoms with E-state index in [1.165, 1.54) is 4.90 Å². The Bertz CT molecular complexity index is 545. The predicted molar refractivity (Wildman–Crippen MR) is 86.0 cm³/mol. The van der Waals surface area contributed by atoms with Crippen LogP contribution in [0.3, 0.4) is 0 Å². The van der Waals surface area contributed by atoms with E-state index < -0.39 is 6.04 Å². The van der Waals surface area contributed by atoms with Gasteiger partial charge in [-0.2, -0.15) is 0 Å². The van der Waals surface area contributed by atoms with Crippen molar-refractivity contribution in [2.45, 2.75) is 24.0 Å². The third-order valence-electron chi connectivity index (χ3n) is 2.97. The lowest BCUT2D eigenvalue weighted by Crippen LogP contribution is -2.32. The normalized spacial score (nSPS) is 11.9. The van der Waals surface area contributed by atoms with E-state index in [4.69, 9.17) is 10.5 Å². The van der Waals surface area contributed by atoms with Gasteiger partial charge in [-0.15, -0.1) is 11.8 Å². The summed E-state index contributed by atoms with van der Waals surface area (Å²) < 4.78 is 5.22. The van der Waals surface area contributed by atoms with Gasteiger partial charge in [0.15, 0.2) is 0 Å². The maximum absolute atomic E-state index is 11.8. The highest BCUT2D eigenvalue weighted by Gasteiger charge is 2.14. The Morgan fingerprint density at radius 3 is 2.33 bits per heavy atom. The molecule has 0 amide bonds. The van der Waals surface area contributed by atoms with Crippen molar-refractivity contribution in [1.29, 1.82) is 0 Å². The van der Waals surface area contributed by atoms with Crippen LogP contribution in [0.1, 0.15) is 12.0 Å². The van der Waals surface area contributed by atoms with Gasteiger partial charge in [0.05, 0.1) is 0 Å². The molecule has 2 aromatic carbocycles. The third-order valence-corrected chi connectivity index (χ3v) is 4.01. The topological polar surface area (TPSA) is 52.3 Å². The Morgan fingerprint density at radius 2 is 1.67 bits per heavy atom. The quantitative estimate of drug-likeness (QED) is 0.630. The molecule has 0 heterocycles. The van der Waals surface area contributed by atoms with Gasteiger partial charge in [0.1, 0.15) is 12.6 Å². The monoisotopic (exact) mass is 301 g/mol. The van der Waals surface area contributed by atoms with Crippen molar-refractivity contribution in [2.75, 3.05) is 5.75 Å². The smallest absolute Gasteiger partial charge is 0.323 e. The highest BCUT2D eigenvalue weighted by Crippen LogP contribution is 2.18. The molecule has 4 heteroatoms. The number of hydrogen-bond acceptors (Lipinski definition) is 4. The van der Waals surface area contributed by atoms with Gasteiger partial charge in [-0.3, -0.25) is 4.79 Å². The number of benzene rings is 2. The van der Waals surface area contributed by atoms with E-state index in [-0.39, 0.29) is 12.6 Å². The number of hydrogen-bond donors (Lipinski definition) is 1. The van der Waals surface area contributed by atoms with Crippen molar-refractivity contribution in [3.05, 3.63) is 66.2 Å². The van der Waals surface area contributed by atoms with Crippen molar-refractivity contribution in [1.82, 2.24) is 0 Å². The molecule has 1 unspecified atom stereocenters. The molecule has 2 N–H and O–H groups in total. The molecular weight excluding hydrogens is 282 g/mol. The van der Waals surface area contributed by atoms with Crippen LogP contribution in [0.25, 0.3) is 0 Å². The molecule has 0 aromatic heterocycles. The highest BCUT2D eigenvalue weighted by atomic mass is 32.2. The average Bonchev–Trinajstić information content (AvgIpc) is 2.54. The van der Waals surface area contributed by atoms with E-state index in [0.717, 1.165) is 11.3 Å². The Kier molecular flexibility index (Phi) is 6.31. The predicted octanol–water partition coefficient (Wildman–Crippen LogP) is 3.24. The van der Waals surface area contributed by atoms with Crippen LogP contribution in [0, 0.1) is 0 Å². The van der Waals surface area contributed by atoms with E-state index in [0.29, 0.717) is 6.42 Å². The van der Waals surface area contributed by atoms with Gasteiger partial charge in [0, 0.05) is 10.6 Å². The van der Waals surface area contributed by atoms with Crippen LogP contribution in [-0.2, 0) is 16.1 Å². The van der Waals surface area contributed by atoms with Crippen molar-refractivity contribution >= 4 is 17.7 Å². The molecule has 0 saturated heterocycles. The summed E-state index contributed by atoms with van der Waals surface area (Å²) in [6, 6.07) is 19.1. The first-order valence-corrected chi connectivity index (χ1v) is 7.88. The van der Waals surface area contributed by atoms with Gasteiger partial charge in [-0.05, 0) is 24.1 Å². The van der Waals surface area contributed by atoms with Gasteiger partial charge in [0.25, 0.3) is 0 Å². The lowest BCUT2D eigenvalue weighted by Gasteiger charge is -2.11. The van der Waals surface area contributed by atoms with E-state index in [2.05, 4.69) is 0 Å². The minimum atomic E-state index is -0.565. The summed E-state index contributed by atoms with van der Waals surface area (Å²) >= 11 is 1.69. The maximum Gasteiger partial charge on any atom is 0.323 e. The molecule has 21 heavy (non-hydrogen) atoms. The van der Waals surface area contributed by atoms with E-state index in [9.17, 15) is 4.79 Å². The zero-order chi connectivity index (χ0) is 14.9. The van der Waals surface area contributed by atoms with Crippen LogP contribution in [0.2, 0.25) is 0 Å². The molecule has 0 aliphatic heterocycles. The number of rotatable bonds is 7. The average molecular weight is 301 g/mol. The molecule has 2 aromatic rings. The number of esters is 1. The van der Waals surface area contributed by atoms with Crippen LogP contribution in [0.5, 0.6) is 0 Å². The van der Waals surface area contributed by atoms with Crippen LogP contribution < -0.4 is 5.73 Å². The fourth-order valence-electron chi connectivity index (χ4n) is 1.77. The second-order valence-corrected chi connectivity index (χ2v) is 5.82. The molecule has 0 spiro atoms. The van der Waals surface area contributed by atoms with E-state index in [1.807, 2.05) is 60.7 Å². The number of ether oxygens (including phenoxy) is 1. The lowest BCUT2D eigenvalue weighted by atomic mass is 10.2. The molecule has 0 radical (unpaired) electrons. The molecule has 3 nitrogen and oxygen atoms in total. The Morgan fingerprint density at radius 1 is 1.05 bits per heavy atom. The molecule has 1 atom stereocenters. The molecular formula is C17H19NO2S. The van der Waals surface area contributed by atoms with Gasteiger partial charge >= 0.3 is 5.97 Å². The molecule has 110 valence electrons. The van der Waals surface area contributed by atoms with Gasteiger partial charge in [-0.1, -0.05) is 48.5 Å². The summed E-state index contributed by atoms with van der Waals surface area (Å²) in [7, 11) is 0. The zero-order valence-electron chi connectivity index (χ0n) is 11.8. The summed E-state index contributed by atoms with van der Waals surface area (Å²) in [5.41, 5.74) is 6.83. The van der Waals surface area contributed by atoms with Crippen molar-refractivity contribution < 1.29 is 9.53 Å². The molecule has 0 bridgehead atoms. The standard InChI is InChI=1S/C17H19NO2S/c18-16(11-12-21-15-9-5-2-6-10-15)17(19)20-13-14-7-3-1-4-8-14/h1-10,16H,11-13,18H2. The van der Waals surface area contributed by atoms with E-state index in [1.54, 1.807) is 11.8 Å². The molecule has 2 rings (SSSR count). The minimum absolute atomic E-state index is 0.277. The van der Waals surface area contributed by atoms with Crippen LogP contribution in [0.4, 0.5) is 0 Å². The summed E-state index contributed by atoms with van der Waals surface area (Å²) in [6.45, 7) is 0.277. The summed E-state index contributed by atoms with van der Waals surface area (Å²) in [6.07, 6.45) is 0.604. The Balaban J connectivity index is 1.68. The fraction of sp³-hybridized carbons (Fsp3) is 0.235. The van der Waals surface area contributed by atoms with Crippen LogP contribution >= 0.6 is 11.8 Å². The van der Waals surface area contributed by atoms with Gasteiger partial charge in [0.2, 0.25) is 0 Å². The molecule has 0 saturated carbocycles. The van der Waals surface area contributed by atoms with E-state index >= 15 is 0 Å². The SMILES string of the molecule is NC(CCSc1ccccc1)C(=O)OCc1ccccc1. The van der Waals surface area contributed by atoms with Crippen LogP contribution in [-0.4, -0.2) is 17.8 Å².